The minimum atomic E-state index is -0.119. The van der Waals surface area contributed by atoms with Crippen molar-refractivity contribution in [2.75, 3.05) is 7.11 Å². The summed E-state index contributed by atoms with van der Waals surface area (Å²) in [6.45, 7) is 2.16. The molecule has 0 saturated heterocycles. The molecule has 1 heterocycles. The lowest BCUT2D eigenvalue weighted by molar-refractivity contribution is 0.181. The van der Waals surface area contributed by atoms with Gasteiger partial charge in [-0.05, 0) is 52.4 Å². The minimum Gasteiger partial charge on any atom is -0.392 e. The summed E-state index contributed by atoms with van der Waals surface area (Å²) in [6.07, 6.45) is 0. The summed E-state index contributed by atoms with van der Waals surface area (Å²) in [4.78, 5) is 4.65. The molecule has 1 aromatic heterocycles. The highest BCUT2D eigenvalue weighted by Crippen LogP contribution is 2.38. The van der Waals surface area contributed by atoms with Crippen LogP contribution in [0.15, 0.2) is 65.2 Å². The molecule has 6 heteroatoms. The number of aromatic nitrogens is 2. The molecule has 2 N–H and O–H groups in total. The molecule has 0 unspecified atom stereocenters. The molecular formula is C25H24N2O4. The molecular weight excluding hydrogens is 392 g/mol. The van der Waals surface area contributed by atoms with Gasteiger partial charge in [-0.25, -0.2) is 0 Å². The van der Waals surface area contributed by atoms with Gasteiger partial charge < -0.3 is 19.5 Å². The van der Waals surface area contributed by atoms with E-state index in [2.05, 4.69) is 10.1 Å². The molecule has 0 bridgehead atoms. The van der Waals surface area contributed by atoms with E-state index in [9.17, 15) is 10.2 Å². The predicted molar refractivity (Wildman–Crippen MR) is 118 cm³/mol. The van der Waals surface area contributed by atoms with E-state index in [0.29, 0.717) is 18.3 Å². The van der Waals surface area contributed by atoms with Crippen LogP contribution in [-0.4, -0.2) is 27.5 Å². The summed E-state index contributed by atoms with van der Waals surface area (Å²) in [5.41, 5.74) is 6.84. The Kier molecular flexibility index (Phi) is 6.23. The zero-order valence-electron chi connectivity index (χ0n) is 17.5. The SMILES string of the molecule is COCc1cc(-c2ccccc2)c(-c2nc(-c3cccc(CO)c3)no2)c(C)c1CO. The summed E-state index contributed by atoms with van der Waals surface area (Å²) in [5, 5.41) is 23.6. The molecule has 0 fully saturated rings. The van der Waals surface area contributed by atoms with Crippen molar-refractivity contribution in [1.29, 1.82) is 0 Å². The standard InChI is InChI=1S/C25H24N2O4/c1-16-22(14-29)20(15-30-2)12-21(18-8-4-3-5-9-18)23(16)25-26-24(27-31-25)19-10-6-7-17(11-19)13-28/h3-12,28-29H,13-15H2,1-2H3. The summed E-state index contributed by atoms with van der Waals surface area (Å²) >= 11 is 0. The highest BCUT2D eigenvalue weighted by Gasteiger charge is 2.22. The number of hydrogen-bond donors (Lipinski definition) is 2. The van der Waals surface area contributed by atoms with E-state index >= 15 is 0 Å². The zero-order chi connectivity index (χ0) is 21.8. The van der Waals surface area contributed by atoms with E-state index in [4.69, 9.17) is 9.26 Å². The largest absolute Gasteiger partial charge is 0.392 e. The van der Waals surface area contributed by atoms with Crippen molar-refractivity contribution in [3.63, 3.8) is 0 Å². The third-order valence-electron chi connectivity index (χ3n) is 5.35. The molecule has 31 heavy (non-hydrogen) atoms. The van der Waals surface area contributed by atoms with Crippen LogP contribution in [0.25, 0.3) is 34.0 Å². The summed E-state index contributed by atoms with van der Waals surface area (Å²) in [5.74, 6) is 0.814. The van der Waals surface area contributed by atoms with Crippen LogP contribution < -0.4 is 0 Å². The maximum atomic E-state index is 10.1. The van der Waals surface area contributed by atoms with Gasteiger partial charge in [-0.15, -0.1) is 0 Å². The van der Waals surface area contributed by atoms with Crippen molar-refractivity contribution in [2.24, 2.45) is 0 Å². The molecule has 0 spiro atoms. The van der Waals surface area contributed by atoms with Gasteiger partial charge in [0.25, 0.3) is 5.89 Å². The van der Waals surface area contributed by atoms with Gasteiger partial charge in [0.1, 0.15) is 0 Å². The van der Waals surface area contributed by atoms with Crippen LogP contribution >= 0.6 is 0 Å². The van der Waals surface area contributed by atoms with Crippen molar-refractivity contribution in [3.05, 3.63) is 82.9 Å². The molecule has 0 amide bonds. The van der Waals surface area contributed by atoms with Crippen molar-refractivity contribution in [3.8, 4) is 34.0 Å². The Bertz CT molecular complexity index is 1190. The van der Waals surface area contributed by atoms with E-state index in [1.54, 1.807) is 7.11 Å². The van der Waals surface area contributed by atoms with Crippen LogP contribution in [0.5, 0.6) is 0 Å². The summed E-state index contributed by atoms with van der Waals surface area (Å²) in [6, 6.07) is 19.4. The van der Waals surface area contributed by atoms with Gasteiger partial charge in [-0.2, -0.15) is 4.98 Å². The molecule has 3 aromatic carbocycles. The molecule has 0 aliphatic heterocycles. The lowest BCUT2D eigenvalue weighted by Crippen LogP contribution is -2.03. The number of methoxy groups -OCH3 is 1. The number of aliphatic hydroxyl groups excluding tert-OH is 2. The fraction of sp³-hybridized carbons (Fsp3) is 0.200. The predicted octanol–water partition coefficient (Wildman–Crippen LogP) is 4.51. The number of rotatable bonds is 7. The Morgan fingerprint density at radius 3 is 2.42 bits per heavy atom. The molecule has 4 rings (SSSR count). The fourth-order valence-corrected chi connectivity index (χ4v) is 3.80. The number of benzene rings is 3. The van der Waals surface area contributed by atoms with E-state index in [-0.39, 0.29) is 13.2 Å². The van der Waals surface area contributed by atoms with Gasteiger partial charge in [0, 0.05) is 12.7 Å². The van der Waals surface area contributed by atoms with E-state index in [1.165, 1.54) is 0 Å². The second-order valence-corrected chi connectivity index (χ2v) is 7.30. The average Bonchev–Trinajstić information content (AvgIpc) is 3.29. The average molecular weight is 416 g/mol. The number of ether oxygens (including phenoxy) is 1. The number of hydrogen-bond acceptors (Lipinski definition) is 6. The first kappa shape index (κ1) is 20.9. The maximum Gasteiger partial charge on any atom is 0.259 e. The highest BCUT2D eigenvalue weighted by atomic mass is 16.5. The van der Waals surface area contributed by atoms with Gasteiger partial charge in [0.15, 0.2) is 0 Å². The topological polar surface area (TPSA) is 88.6 Å². The Morgan fingerprint density at radius 1 is 0.935 bits per heavy atom. The first-order valence-corrected chi connectivity index (χ1v) is 10.0. The molecule has 6 nitrogen and oxygen atoms in total. The Labute approximate surface area is 180 Å². The van der Waals surface area contributed by atoms with Crippen LogP contribution in [0.4, 0.5) is 0 Å². The van der Waals surface area contributed by atoms with Crippen LogP contribution in [0.3, 0.4) is 0 Å². The molecule has 0 atom stereocenters. The van der Waals surface area contributed by atoms with Gasteiger partial charge in [0.05, 0.1) is 25.4 Å². The lowest BCUT2D eigenvalue weighted by atomic mass is 9.89. The molecule has 0 aliphatic rings. The van der Waals surface area contributed by atoms with Crippen molar-refractivity contribution < 1.29 is 19.5 Å². The maximum absolute atomic E-state index is 10.1. The van der Waals surface area contributed by atoms with Gasteiger partial charge in [0.2, 0.25) is 5.82 Å². The number of nitrogens with zero attached hydrogens (tertiary/aromatic N) is 2. The van der Waals surface area contributed by atoms with Gasteiger partial charge in [-0.1, -0.05) is 53.7 Å². The number of aliphatic hydroxyl groups is 2. The summed E-state index contributed by atoms with van der Waals surface area (Å²) in [7, 11) is 1.64. The second kappa shape index (κ2) is 9.22. The smallest absolute Gasteiger partial charge is 0.259 e. The second-order valence-electron chi connectivity index (χ2n) is 7.30. The summed E-state index contributed by atoms with van der Waals surface area (Å²) < 4.78 is 11.0. The molecule has 4 aromatic rings. The minimum absolute atomic E-state index is 0.0589. The Hall–Kier alpha value is -3.32. The lowest BCUT2D eigenvalue weighted by Gasteiger charge is -2.17. The van der Waals surface area contributed by atoms with Gasteiger partial charge >= 0.3 is 0 Å². The third kappa shape index (κ3) is 4.14. The Morgan fingerprint density at radius 2 is 1.71 bits per heavy atom. The van der Waals surface area contributed by atoms with Crippen LogP contribution in [0.2, 0.25) is 0 Å². The van der Waals surface area contributed by atoms with Gasteiger partial charge in [-0.3, -0.25) is 0 Å². The molecule has 0 radical (unpaired) electrons. The molecule has 0 aliphatic carbocycles. The van der Waals surface area contributed by atoms with Crippen molar-refractivity contribution >= 4 is 0 Å². The quantitative estimate of drug-likeness (QED) is 0.461. The van der Waals surface area contributed by atoms with Crippen LogP contribution in [0.1, 0.15) is 22.3 Å². The van der Waals surface area contributed by atoms with Crippen molar-refractivity contribution in [2.45, 2.75) is 26.7 Å². The van der Waals surface area contributed by atoms with Crippen LogP contribution in [-0.2, 0) is 24.6 Å². The van der Waals surface area contributed by atoms with E-state index in [1.807, 2.05) is 67.6 Å². The first-order chi connectivity index (χ1) is 15.2. The van der Waals surface area contributed by atoms with Crippen molar-refractivity contribution in [1.82, 2.24) is 10.1 Å². The van der Waals surface area contributed by atoms with E-state index in [0.717, 1.165) is 44.5 Å². The first-order valence-electron chi connectivity index (χ1n) is 10.0. The van der Waals surface area contributed by atoms with Crippen LogP contribution in [0, 0.1) is 6.92 Å². The molecule has 0 saturated carbocycles. The highest BCUT2D eigenvalue weighted by molar-refractivity contribution is 5.84. The Balaban J connectivity index is 1.90. The normalized spacial score (nSPS) is 11.1. The fourth-order valence-electron chi connectivity index (χ4n) is 3.80. The third-order valence-corrected chi connectivity index (χ3v) is 5.35. The monoisotopic (exact) mass is 416 g/mol. The van der Waals surface area contributed by atoms with E-state index < -0.39 is 0 Å². The zero-order valence-corrected chi connectivity index (χ0v) is 17.5. The molecule has 158 valence electrons.